The van der Waals surface area contributed by atoms with E-state index in [0.29, 0.717) is 6.04 Å². The maximum absolute atomic E-state index is 8.82. The fourth-order valence-electron chi connectivity index (χ4n) is 2.12. The monoisotopic (exact) mass is 246 g/mol. The summed E-state index contributed by atoms with van der Waals surface area (Å²) in [5, 5.41) is 12.4. The number of rotatable bonds is 3. The van der Waals surface area contributed by atoms with Crippen molar-refractivity contribution < 1.29 is 0 Å². The van der Waals surface area contributed by atoms with Gasteiger partial charge in [0.2, 0.25) is 0 Å². The molecule has 0 aromatic heterocycles. The van der Waals surface area contributed by atoms with Gasteiger partial charge in [0.1, 0.15) is 0 Å². The first kappa shape index (κ1) is 12.5. The second kappa shape index (κ2) is 6.09. The topological polar surface area (TPSA) is 35.8 Å². The molecule has 1 atom stereocenters. The Morgan fingerprint density at radius 2 is 2.41 bits per heavy atom. The highest BCUT2D eigenvalue weighted by Crippen LogP contribution is 2.18. The Morgan fingerprint density at radius 3 is 3.06 bits per heavy atom. The molecule has 17 heavy (non-hydrogen) atoms. The lowest BCUT2D eigenvalue weighted by Crippen LogP contribution is -2.33. The first-order chi connectivity index (χ1) is 8.29. The smallest absolute Gasteiger partial charge is 0.0991 e. The Bertz CT molecular complexity index is 417. The third kappa shape index (κ3) is 3.49. The molecular weight excluding hydrogens is 228 g/mol. The number of aryl methyl sites for hydroxylation is 1. The summed E-state index contributed by atoms with van der Waals surface area (Å²) in [7, 11) is 0. The lowest BCUT2D eigenvalue weighted by atomic mass is 10.0. The van der Waals surface area contributed by atoms with E-state index in [4.69, 9.17) is 5.26 Å². The number of hydrogen-bond acceptors (Lipinski definition) is 3. The van der Waals surface area contributed by atoms with E-state index >= 15 is 0 Å². The molecule has 1 aliphatic heterocycles. The summed E-state index contributed by atoms with van der Waals surface area (Å²) in [5.41, 5.74) is 3.26. The van der Waals surface area contributed by atoms with Crippen LogP contribution in [0.3, 0.4) is 0 Å². The van der Waals surface area contributed by atoms with Gasteiger partial charge in [-0.3, -0.25) is 0 Å². The van der Waals surface area contributed by atoms with Gasteiger partial charge >= 0.3 is 0 Å². The molecule has 0 radical (unpaired) electrons. The number of nitrogens with zero attached hydrogens (tertiary/aromatic N) is 1. The molecule has 2 nitrogen and oxygen atoms in total. The Balaban J connectivity index is 1.92. The number of nitrogens with one attached hydrogen (secondary N) is 1. The van der Waals surface area contributed by atoms with Gasteiger partial charge in [-0.15, -0.1) is 0 Å². The highest BCUT2D eigenvalue weighted by atomic mass is 32.2. The molecule has 0 bridgehead atoms. The van der Waals surface area contributed by atoms with Crippen molar-refractivity contribution in [3.05, 3.63) is 34.9 Å². The van der Waals surface area contributed by atoms with Gasteiger partial charge in [0.15, 0.2) is 0 Å². The van der Waals surface area contributed by atoms with Crippen LogP contribution < -0.4 is 5.32 Å². The molecule has 1 aromatic rings. The molecule has 0 spiro atoms. The standard InChI is InChI=1S/C14H18N2S/c1-11-7-12(8-15)4-5-13(11)9-16-14-3-2-6-17-10-14/h4-5,7,14,16H,2-3,6,9-10H2,1H3. The van der Waals surface area contributed by atoms with Gasteiger partial charge in [-0.2, -0.15) is 17.0 Å². The minimum absolute atomic E-state index is 0.656. The van der Waals surface area contributed by atoms with Crippen LogP contribution in [0.25, 0.3) is 0 Å². The summed E-state index contributed by atoms with van der Waals surface area (Å²) in [6.45, 7) is 3.00. The molecule has 2 rings (SSSR count). The Kier molecular flexibility index (Phi) is 4.47. The quantitative estimate of drug-likeness (QED) is 0.891. The summed E-state index contributed by atoms with van der Waals surface area (Å²) >= 11 is 2.04. The summed E-state index contributed by atoms with van der Waals surface area (Å²) in [6, 6.07) is 8.77. The Labute approximate surface area is 107 Å². The molecule has 0 aliphatic carbocycles. The molecule has 1 fully saturated rings. The van der Waals surface area contributed by atoms with Gasteiger partial charge in [-0.25, -0.2) is 0 Å². The van der Waals surface area contributed by atoms with E-state index in [1.165, 1.54) is 35.5 Å². The number of thioether (sulfide) groups is 1. The first-order valence-corrected chi connectivity index (χ1v) is 7.26. The van der Waals surface area contributed by atoms with E-state index in [-0.39, 0.29) is 0 Å². The second-order valence-corrected chi connectivity index (χ2v) is 5.70. The van der Waals surface area contributed by atoms with Crippen molar-refractivity contribution in [2.75, 3.05) is 11.5 Å². The van der Waals surface area contributed by atoms with Crippen molar-refractivity contribution in [3.8, 4) is 6.07 Å². The van der Waals surface area contributed by atoms with Crippen molar-refractivity contribution in [3.63, 3.8) is 0 Å². The highest BCUT2D eigenvalue weighted by molar-refractivity contribution is 7.99. The Morgan fingerprint density at radius 1 is 1.53 bits per heavy atom. The van der Waals surface area contributed by atoms with Crippen LogP contribution in [-0.4, -0.2) is 17.5 Å². The maximum Gasteiger partial charge on any atom is 0.0991 e. The third-order valence-electron chi connectivity index (χ3n) is 3.21. The molecule has 1 aromatic carbocycles. The molecular formula is C14H18N2S. The zero-order chi connectivity index (χ0) is 12.1. The van der Waals surface area contributed by atoms with Gasteiger partial charge in [0.25, 0.3) is 0 Å². The van der Waals surface area contributed by atoms with Crippen LogP contribution in [0.5, 0.6) is 0 Å². The van der Waals surface area contributed by atoms with Crippen LogP contribution in [0.4, 0.5) is 0 Å². The highest BCUT2D eigenvalue weighted by Gasteiger charge is 2.13. The summed E-state index contributed by atoms with van der Waals surface area (Å²) < 4.78 is 0. The van der Waals surface area contributed by atoms with Gasteiger partial charge in [0.05, 0.1) is 11.6 Å². The van der Waals surface area contributed by atoms with Crippen LogP contribution in [0.15, 0.2) is 18.2 Å². The van der Waals surface area contributed by atoms with Gasteiger partial charge < -0.3 is 5.32 Å². The molecule has 0 saturated carbocycles. The number of hydrogen-bond donors (Lipinski definition) is 1. The summed E-state index contributed by atoms with van der Waals surface area (Å²) in [5.74, 6) is 2.55. The fourth-order valence-corrected chi connectivity index (χ4v) is 3.23. The maximum atomic E-state index is 8.82. The van der Waals surface area contributed by atoms with Gasteiger partial charge in [-0.1, -0.05) is 6.07 Å². The third-order valence-corrected chi connectivity index (χ3v) is 4.43. The summed E-state index contributed by atoms with van der Waals surface area (Å²) in [6.07, 6.45) is 2.62. The van der Waals surface area contributed by atoms with Gasteiger partial charge in [0, 0.05) is 18.3 Å². The molecule has 1 aliphatic rings. The number of benzene rings is 1. The molecule has 1 unspecified atom stereocenters. The average Bonchev–Trinajstić information content (AvgIpc) is 2.38. The van der Waals surface area contributed by atoms with E-state index in [1.54, 1.807) is 0 Å². The van der Waals surface area contributed by atoms with Crippen LogP contribution in [0.1, 0.15) is 29.5 Å². The normalized spacial score (nSPS) is 19.9. The van der Waals surface area contributed by atoms with Crippen molar-refractivity contribution in [1.29, 1.82) is 5.26 Å². The molecule has 1 N–H and O–H groups in total. The van der Waals surface area contributed by atoms with Crippen molar-refractivity contribution >= 4 is 11.8 Å². The predicted molar refractivity (Wildman–Crippen MR) is 73.1 cm³/mol. The summed E-state index contributed by atoms with van der Waals surface area (Å²) in [4.78, 5) is 0. The first-order valence-electron chi connectivity index (χ1n) is 6.10. The van der Waals surface area contributed by atoms with E-state index in [2.05, 4.69) is 24.4 Å². The molecule has 3 heteroatoms. The molecule has 1 heterocycles. The van der Waals surface area contributed by atoms with E-state index in [1.807, 2.05) is 23.9 Å². The fraction of sp³-hybridized carbons (Fsp3) is 0.500. The molecule has 1 saturated heterocycles. The number of nitriles is 1. The lowest BCUT2D eigenvalue weighted by Gasteiger charge is -2.23. The largest absolute Gasteiger partial charge is 0.309 e. The SMILES string of the molecule is Cc1cc(C#N)ccc1CNC1CCCSC1. The zero-order valence-electron chi connectivity index (χ0n) is 10.2. The van der Waals surface area contributed by atoms with E-state index < -0.39 is 0 Å². The van der Waals surface area contributed by atoms with Crippen LogP contribution >= 0.6 is 11.8 Å². The Hall–Kier alpha value is -0.980. The lowest BCUT2D eigenvalue weighted by molar-refractivity contribution is 0.507. The average molecular weight is 246 g/mol. The van der Waals surface area contributed by atoms with E-state index in [0.717, 1.165) is 12.1 Å². The van der Waals surface area contributed by atoms with Crippen LogP contribution in [0, 0.1) is 18.3 Å². The molecule has 90 valence electrons. The van der Waals surface area contributed by atoms with Crippen LogP contribution in [0.2, 0.25) is 0 Å². The second-order valence-electron chi connectivity index (χ2n) is 4.55. The van der Waals surface area contributed by atoms with Crippen LogP contribution in [-0.2, 0) is 6.54 Å². The van der Waals surface area contributed by atoms with E-state index in [9.17, 15) is 0 Å². The zero-order valence-corrected chi connectivity index (χ0v) is 11.0. The van der Waals surface area contributed by atoms with Crippen molar-refractivity contribution in [2.45, 2.75) is 32.4 Å². The minimum Gasteiger partial charge on any atom is -0.309 e. The molecule has 0 amide bonds. The predicted octanol–water partition coefficient (Wildman–Crippen LogP) is 2.85. The van der Waals surface area contributed by atoms with Gasteiger partial charge in [-0.05, 0) is 48.8 Å². The van der Waals surface area contributed by atoms with Crippen molar-refractivity contribution in [1.82, 2.24) is 5.32 Å². The van der Waals surface area contributed by atoms with Crippen molar-refractivity contribution in [2.24, 2.45) is 0 Å². The minimum atomic E-state index is 0.656.